The van der Waals surface area contributed by atoms with Crippen molar-refractivity contribution in [1.82, 2.24) is 0 Å². The molecule has 1 aromatic carbocycles. The van der Waals surface area contributed by atoms with Crippen LogP contribution in [0.15, 0.2) is 24.3 Å². The smallest absolute Gasteiger partial charge is 0.311 e. The van der Waals surface area contributed by atoms with Crippen LogP contribution in [0.2, 0.25) is 0 Å². The van der Waals surface area contributed by atoms with E-state index in [0.29, 0.717) is 0 Å². The monoisotopic (exact) mass is 250 g/mol. The summed E-state index contributed by atoms with van der Waals surface area (Å²) in [6.45, 7) is 0. The Morgan fingerprint density at radius 2 is 1.11 bits per heavy atom. The van der Waals surface area contributed by atoms with E-state index < -0.39 is 36.3 Å². The van der Waals surface area contributed by atoms with Crippen molar-refractivity contribution in [3.63, 3.8) is 0 Å². The number of carboxylic acids is 2. The van der Waals surface area contributed by atoms with Gasteiger partial charge in [-0.2, -0.15) is 0 Å². The Morgan fingerprint density at radius 1 is 0.778 bits per heavy atom. The molecule has 0 bridgehead atoms. The van der Waals surface area contributed by atoms with Gasteiger partial charge >= 0.3 is 11.9 Å². The molecule has 0 radical (unpaired) electrons. The largest absolute Gasteiger partial charge is 0.481 e. The van der Waals surface area contributed by atoms with Crippen molar-refractivity contribution >= 4 is 23.5 Å². The van der Waals surface area contributed by atoms with Gasteiger partial charge in [-0.05, 0) is 0 Å². The molecule has 0 atom stereocenters. The van der Waals surface area contributed by atoms with Crippen LogP contribution >= 0.6 is 0 Å². The Bertz CT molecular complexity index is 470. The van der Waals surface area contributed by atoms with E-state index >= 15 is 0 Å². The van der Waals surface area contributed by atoms with Crippen LogP contribution in [0.4, 0.5) is 0 Å². The molecule has 6 nitrogen and oxygen atoms in total. The van der Waals surface area contributed by atoms with Crippen molar-refractivity contribution in [2.75, 3.05) is 0 Å². The van der Waals surface area contributed by atoms with E-state index in [4.69, 9.17) is 10.2 Å². The zero-order valence-corrected chi connectivity index (χ0v) is 9.25. The molecule has 0 aromatic heterocycles. The highest BCUT2D eigenvalue weighted by atomic mass is 16.4. The highest BCUT2D eigenvalue weighted by molar-refractivity contribution is 6.15. The molecule has 1 aromatic rings. The third-order valence-electron chi connectivity index (χ3n) is 2.15. The Balaban J connectivity index is 3.06. The number of carbonyl (C=O) groups is 4. The first-order valence-corrected chi connectivity index (χ1v) is 5.01. The van der Waals surface area contributed by atoms with Crippen LogP contribution < -0.4 is 0 Å². The summed E-state index contributed by atoms with van der Waals surface area (Å²) in [5.74, 6) is -4.06. The van der Waals surface area contributed by atoms with Gasteiger partial charge in [0.15, 0.2) is 11.6 Å². The average molecular weight is 250 g/mol. The van der Waals surface area contributed by atoms with Crippen molar-refractivity contribution in [3.8, 4) is 0 Å². The molecule has 0 saturated carbocycles. The molecule has 6 heteroatoms. The number of hydrogen-bond acceptors (Lipinski definition) is 4. The predicted octanol–water partition coefficient (Wildman–Crippen LogP) is 1.00. The Morgan fingerprint density at radius 3 is 1.39 bits per heavy atom. The molecular formula is C12H10O6. The van der Waals surface area contributed by atoms with Crippen LogP contribution in [0, 0.1) is 0 Å². The Hall–Kier alpha value is -2.50. The summed E-state index contributed by atoms with van der Waals surface area (Å²) in [5.41, 5.74) is -0.127. The number of carboxylic acid groups (broad SMARTS) is 2. The molecule has 94 valence electrons. The van der Waals surface area contributed by atoms with E-state index in [-0.39, 0.29) is 11.1 Å². The summed E-state index contributed by atoms with van der Waals surface area (Å²) < 4.78 is 0. The lowest BCUT2D eigenvalue weighted by Crippen LogP contribution is -2.14. The van der Waals surface area contributed by atoms with Gasteiger partial charge in [0.2, 0.25) is 0 Å². The van der Waals surface area contributed by atoms with E-state index in [1.165, 1.54) is 24.3 Å². The van der Waals surface area contributed by atoms with Gasteiger partial charge in [-0.15, -0.1) is 0 Å². The summed E-state index contributed by atoms with van der Waals surface area (Å²) in [5, 5.41) is 17.0. The van der Waals surface area contributed by atoms with Crippen LogP contribution in [-0.4, -0.2) is 33.7 Å². The number of benzene rings is 1. The van der Waals surface area contributed by atoms with E-state index in [1.54, 1.807) is 0 Å². The summed E-state index contributed by atoms with van der Waals surface area (Å²) >= 11 is 0. The average Bonchev–Trinajstić information content (AvgIpc) is 2.27. The van der Waals surface area contributed by atoms with Crippen molar-refractivity contribution in [3.05, 3.63) is 35.4 Å². The highest BCUT2D eigenvalue weighted by Gasteiger charge is 2.19. The molecular weight excluding hydrogens is 240 g/mol. The van der Waals surface area contributed by atoms with Crippen molar-refractivity contribution < 1.29 is 29.4 Å². The summed E-state index contributed by atoms with van der Waals surface area (Å²) in [6, 6.07) is 5.57. The quantitative estimate of drug-likeness (QED) is 0.575. The van der Waals surface area contributed by atoms with Crippen LogP contribution in [-0.2, 0) is 9.59 Å². The number of Topliss-reactive ketones (excluding diaryl/α,β-unsaturated/α-hetero) is 2. The molecule has 0 unspecified atom stereocenters. The van der Waals surface area contributed by atoms with Crippen LogP contribution in [0.5, 0.6) is 0 Å². The maximum Gasteiger partial charge on any atom is 0.311 e. The molecule has 1 rings (SSSR count). The number of rotatable bonds is 6. The molecule has 2 N–H and O–H groups in total. The maximum atomic E-state index is 11.6. The zero-order valence-electron chi connectivity index (χ0n) is 9.25. The molecule has 0 fully saturated rings. The highest BCUT2D eigenvalue weighted by Crippen LogP contribution is 2.13. The molecule has 0 aliphatic carbocycles. The minimum absolute atomic E-state index is 0.0637. The first kappa shape index (κ1) is 13.6. The van der Waals surface area contributed by atoms with Gasteiger partial charge in [-0.1, -0.05) is 24.3 Å². The third kappa shape index (κ3) is 3.51. The second kappa shape index (κ2) is 5.72. The van der Waals surface area contributed by atoms with Crippen molar-refractivity contribution in [2.24, 2.45) is 0 Å². The fourth-order valence-corrected chi connectivity index (χ4v) is 1.43. The van der Waals surface area contributed by atoms with E-state index in [0.717, 1.165) is 0 Å². The Labute approximate surface area is 102 Å². The lowest BCUT2D eigenvalue weighted by molar-refractivity contribution is -0.137. The molecule has 0 aliphatic rings. The lowest BCUT2D eigenvalue weighted by Gasteiger charge is -2.05. The van der Waals surface area contributed by atoms with E-state index in [9.17, 15) is 19.2 Å². The van der Waals surface area contributed by atoms with Gasteiger partial charge in [0.25, 0.3) is 0 Å². The van der Waals surface area contributed by atoms with Gasteiger partial charge in [0.1, 0.15) is 12.8 Å². The molecule has 0 saturated heterocycles. The van der Waals surface area contributed by atoms with E-state index in [2.05, 4.69) is 0 Å². The van der Waals surface area contributed by atoms with Crippen LogP contribution in [0.3, 0.4) is 0 Å². The van der Waals surface area contributed by atoms with E-state index in [1.807, 2.05) is 0 Å². The van der Waals surface area contributed by atoms with Crippen LogP contribution in [0.25, 0.3) is 0 Å². The molecule has 0 heterocycles. The predicted molar refractivity (Wildman–Crippen MR) is 59.6 cm³/mol. The molecule has 0 spiro atoms. The fourth-order valence-electron chi connectivity index (χ4n) is 1.43. The van der Waals surface area contributed by atoms with Crippen molar-refractivity contribution in [2.45, 2.75) is 12.8 Å². The van der Waals surface area contributed by atoms with Gasteiger partial charge in [-0.3, -0.25) is 19.2 Å². The summed E-state index contributed by atoms with van der Waals surface area (Å²) in [4.78, 5) is 44.1. The Kier molecular flexibility index (Phi) is 4.31. The summed E-state index contributed by atoms with van der Waals surface area (Å²) in [6.07, 6.45) is -1.48. The fraction of sp³-hybridized carbons (Fsp3) is 0.167. The standard InChI is InChI=1S/C12H10O6/c13-9(5-11(15)16)7-3-1-2-4-8(7)10(14)6-12(17)18/h1-4H,5-6H2,(H,15,16)(H,17,18). The number of aliphatic carboxylic acids is 2. The van der Waals surface area contributed by atoms with Crippen molar-refractivity contribution in [1.29, 1.82) is 0 Å². The zero-order chi connectivity index (χ0) is 13.7. The van der Waals surface area contributed by atoms with Gasteiger partial charge < -0.3 is 10.2 Å². The second-order valence-electron chi connectivity index (χ2n) is 3.53. The first-order valence-electron chi connectivity index (χ1n) is 5.01. The SMILES string of the molecule is O=C(O)CC(=O)c1ccccc1C(=O)CC(=O)O. The molecule has 0 aliphatic heterocycles. The lowest BCUT2D eigenvalue weighted by atomic mass is 9.97. The minimum atomic E-state index is -1.31. The first-order chi connectivity index (χ1) is 8.41. The number of carbonyl (C=O) groups excluding carboxylic acids is 2. The third-order valence-corrected chi connectivity index (χ3v) is 2.15. The van der Waals surface area contributed by atoms with Gasteiger partial charge in [-0.25, -0.2) is 0 Å². The normalized spacial score (nSPS) is 9.78. The number of hydrogen-bond donors (Lipinski definition) is 2. The molecule has 18 heavy (non-hydrogen) atoms. The van der Waals surface area contributed by atoms with Crippen LogP contribution in [0.1, 0.15) is 33.6 Å². The van der Waals surface area contributed by atoms with Gasteiger partial charge in [0.05, 0.1) is 0 Å². The topological polar surface area (TPSA) is 109 Å². The van der Waals surface area contributed by atoms with Gasteiger partial charge in [0, 0.05) is 11.1 Å². The molecule has 0 amide bonds. The summed E-state index contributed by atoms with van der Waals surface area (Å²) in [7, 11) is 0. The maximum absolute atomic E-state index is 11.6. The second-order valence-corrected chi connectivity index (χ2v) is 3.53. The minimum Gasteiger partial charge on any atom is -0.481 e. The number of ketones is 2.